The molecule has 0 spiro atoms. The number of likely N-dealkylation sites (tertiary alicyclic amines) is 1. The molecule has 31 heavy (non-hydrogen) atoms. The molecular weight excluding hydrogens is 382 g/mol. The van der Waals surface area contributed by atoms with Gasteiger partial charge in [0.2, 0.25) is 0 Å². The van der Waals surface area contributed by atoms with Crippen LogP contribution in [-0.2, 0) is 13.0 Å². The van der Waals surface area contributed by atoms with Crippen LogP contribution in [0.2, 0.25) is 0 Å². The average molecular weight is 411 g/mol. The number of hydrogen-bond acceptors (Lipinski definition) is 2. The van der Waals surface area contributed by atoms with E-state index in [1.807, 2.05) is 28.8 Å². The number of nitrogens with zero attached hydrogens (tertiary/aromatic N) is 2. The van der Waals surface area contributed by atoms with E-state index in [2.05, 4.69) is 42.5 Å². The Labute approximate surface area is 183 Å². The van der Waals surface area contributed by atoms with Gasteiger partial charge in [0.15, 0.2) is 0 Å². The highest BCUT2D eigenvalue weighted by atomic mass is 16.1. The molecule has 1 N–H and O–H groups in total. The number of pyridine rings is 1. The van der Waals surface area contributed by atoms with Gasteiger partial charge in [-0.15, -0.1) is 0 Å². The van der Waals surface area contributed by atoms with Crippen molar-refractivity contribution in [3.8, 4) is 17.2 Å². The van der Waals surface area contributed by atoms with Crippen LogP contribution in [0.5, 0.6) is 0 Å². The summed E-state index contributed by atoms with van der Waals surface area (Å²) in [6.45, 7) is 4.29. The SMILES string of the molecule is N#Cc1cccc(-c2ccc3n(c2=O)C[C@H]2C[C@@H]3C[NH+](CCCc3ccccc3)C2)c1. The van der Waals surface area contributed by atoms with Gasteiger partial charge in [-0.3, -0.25) is 4.79 Å². The predicted octanol–water partition coefficient (Wildman–Crippen LogP) is 3.02. The maximum atomic E-state index is 13.3. The molecule has 2 aliphatic heterocycles. The van der Waals surface area contributed by atoms with Crippen molar-refractivity contribution in [1.29, 1.82) is 5.26 Å². The van der Waals surface area contributed by atoms with Gasteiger partial charge < -0.3 is 9.47 Å². The molecular formula is C27H28N3O+. The second-order valence-electron chi connectivity index (χ2n) is 9.08. The van der Waals surface area contributed by atoms with Crippen molar-refractivity contribution in [3.05, 3.63) is 93.9 Å². The minimum Gasteiger partial charge on any atom is -0.334 e. The fourth-order valence-corrected chi connectivity index (χ4v) is 5.54. The van der Waals surface area contributed by atoms with Gasteiger partial charge in [-0.1, -0.05) is 42.5 Å². The minimum atomic E-state index is 0.0924. The number of nitrogens with one attached hydrogen (secondary N) is 1. The molecule has 3 heterocycles. The van der Waals surface area contributed by atoms with E-state index < -0.39 is 0 Å². The Morgan fingerprint density at radius 3 is 2.74 bits per heavy atom. The summed E-state index contributed by atoms with van der Waals surface area (Å²) in [7, 11) is 0. The second-order valence-corrected chi connectivity index (χ2v) is 9.08. The number of quaternary nitrogens is 1. The quantitative estimate of drug-likeness (QED) is 0.703. The lowest BCUT2D eigenvalue weighted by Crippen LogP contribution is -3.14. The van der Waals surface area contributed by atoms with E-state index >= 15 is 0 Å². The van der Waals surface area contributed by atoms with Crippen LogP contribution < -0.4 is 10.5 Å². The first-order valence-corrected chi connectivity index (χ1v) is 11.3. The highest BCUT2D eigenvalue weighted by Gasteiger charge is 2.37. The Morgan fingerprint density at radius 1 is 1.03 bits per heavy atom. The van der Waals surface area contributed by atoms with Crippen LogP contribution in [0.3, 0.4) is 0 Å². The highest BCUT2D eigenvalue weighted by Crippen LogP contribution is 2.31. The molecule has 4 heteroatoms. The highest BCUT2D eigenvalue weighted by molar-refractivity contribution is 5.64. The molecule has 2 aliphatic rings. The summed E-state index contributed by atoms with van der Waals surface area (Å²) in [4.78, 5) is 15.0. The number of fused-ring (bicyclic) bond motifs is 4. The monoisotopic (exact) mass is 410 g/mol. The van der Waals surface area contributed by atoms with Gasteiger partial charge in [-0.2, -0.15) is 5.26 Å². The molecule has 0 radical (unpaired) electrons. The van der Waals surface area contributed by atoms with E-state index in [0.717, 1.165) is 31.6 Å². The first-order chi connectivity index (χ1) is 15.2. The van der Waals surface area contributed by atoms with E-state index in [0.29, 0.717) is 23.0 Å². The summed E-state index contributed by atoms with van der Waals surface area (Å²) >= 11 is 0. The minimum absolute atomic E-state index is 0.0924. The van der Waals surface area contributed by atoms with Crippen LogP contribution in [0.1, 0.15) is 35.6 Å². The molecule has 1 unspecified atom stereocenters. The number of nitriles is 1. The molecule has 1 saturated heterocycles. The Hall–Kier alpha value is -3.16. The van der Waals surface area contributed by atoms with Gasteiger partial charge in [-0.05, 0) is 48.2 Å². The smallest absolute Gasteiger partial charge is 0.258 e. The van der Waals surface area contributed by atoms with Gasteiger partial charge >= 0.3 is 0 Å². The van der Waals surface area contributed by atoms with Crippen molar-refractivity contribution in [3.63, 3.8) is 0 Å². The zero-order chi connectivity index (χ0) is 21.2. The first kappa shape index (κ1) is 19.8. The molecule has 0 amide bonds. The molecule has 2 bridgehead atoms. The lowest BCUT2D eigenvalue weighted by Gasteiger charge is -2.40. The van der Waals surface area contributed by atoms with Crippen LogP contribution in [-0.4, -0.2) is 24.2 Å². The Morgan fingerprint density at radius 2 is 1.90 bits per heavy atom. The number of benzene rings is 2. The van der Waals surface area contributed by atoms with E-state index in [9.17, 15) is 10.1 Å². The van der Waals surface area contributed by atoms with E-state index in [4.69, 9.17) is 0 Å². The summed E-state index contributed by atoms with van der Waals surface area (Å²) in [5.41, 5.74) is 4.84. The van der Waals surface area contributed by atoms with E-state index in [1.54, 1.807) is 11.0 Å². The van der Waals surface area contributed by atoms with Crippen LogP contribution in [0.25, 0.3) is 11.1 Å². The molecule has 3 atom stereocenters. The average Bonchev–Trinajstić information content (AvgIpc) is 2.80. The zero-order valence-corrected chi connectivity index (χ0v) is 17.8. The van der Waals surface area contributed by atoms with Crippen molar-refractivity contribution in [2.24, 2.45) is 5.92 Å². The molecule has 1 aromatic heterocycles. The fraction of sp³-hybridized carbons (Fsp3) is 0.333. The fourth-order valence-electron chi connectivity index (χ4n) is 5.54. The summed E-state index contributed by atoms with van der Waals surface area (Å²) in [5.74, 6) is 1.03. The van der Waals surface area contributed by atoms with Crippen molar-refractivity contribution in [2.45, 2.75) is 31.7 Å². The predicted molar refractivity (Wildman–Crippen MR) is 122 cm³/mol. The second kappa shape index (κ2) is 8.53. The molecule has 5 rings (SSSR count). The standard InChI is InChI=1S/C27H27N3O/c28-16-21-8-4-10-23(14-21)25-11-12-26-24-15-22(18-30(26)27(25)31)17-29(19-24)13-5-9-20-6-2-1-3-7-20/h1-4,6-8,10-12,14,22,24H,5,9,13,15,17-19H2/p+1/t22-,24+/m0/s1. The van der Waals surface area contributed by atoms with Gasteiger partial charge in [-0.25, -0.2) is 0 Å². The van der Waals surface area contributed by atoms with Crippen LogP contribution in [0, 0.1) is 17.2 Å². The van der Waals surface area contributed by atoms with Gasteiger partial charge in [0.25, 0.3) is 5.56 Å². The first-order valence-electron chi connectivity index (χ1n) is 11.3. The number of aromatic nitrogens is 1. The molecule has 1 fully saturated rings. The summed E-state index contributed by atoms with van der Waals surface area (Å²) in [6.07, 6.45) is 3.55. The Balaban J connectivity index is 1.32. The largest absolute Gasteiger partial charge is 0.334 e. The summed E-state index contributed by atoms with van der Waals surface area (Å²) in [6, 6.07) is 24.4. The zero-order valence-electron chi connectivity index (χ0n) is 17.8. The van der Waals surface area contributed by atoms with Gasteiger partial charge in [0.05, 0.1) is 31.3 Å². The molecule has 0 aliphatic carbocycles. The number of rotatable bonds is 5. The third-order valence-corrected chi connectivity index (χ3v) is 6.94. The maximum Gasteiger partial charge on any atom is 0.258 e. The third kappa shape index (κ3) is 4.06. The lowest BCUT2D eigenvalue weighted by atomic mass is 9.82. The van der Waals surface area contributed by atoms with Crippen molar-refractivity contribution >= 4 is 0 Å². The van der Waals surface area contributed by atoms with Gasteiger partial charge in [0.1, 0.15) is 0 Å². The van der Waals surface area contributed by atoms with Crippen molar-refractivity contribution < 1.29 is 4.90 Å². The van der Waals surface area contributed by atoms with E-state index in [1.165, 1.54) is 30.6 Å². The number of hydrogen-bond donors (Lipinski definition) is 1. The van der Waals surface area contributed by atoms with Crippen LogP contribution in [0.4, 0.5) is 0 Å². The molecule has 2 aromatic carbocycles. The van der Waals surface area contributed by atoms with Crippen LogP contribution in [0.15, 0.2) is 71.5 Å². The third-order valence-electron chi connectivity index (χ3n) is 6.94. The van der Waals surface area contributed by atoms with Gasteiger partial charge in [0, 0.05) is 36.1 Å². The number of piperidine rings is 1. The van der Waals surface area contributed by atoms with Crippen molar-refractivity contribution in [1.82, 2.24) is 4.57 Å². The Kier molecular flexibility index (Phi) is 5.44. The summed E-state index contributed by atoms with van der Waals surface area (Å²) in [5, 5.41) is 9.19. The topological polar surface area (TPSA) is 50.2 Å². The van der Waals surface area contributed by atoms with Crippen molar-refractivity contribution in [2.75, 3.05) is 19.6 Å². The Bertz CT molecular complexity index is 1180. The number of aryl methyl sites for hydroxylation is 1. The molecule has 156 valence electrons. The molecule has 0 saturated carbocycles. The molecule has 4 nitrogen and oxygen atoms in total. The van der Waals surface area contributed by atoms with Crippen LogP contribution >= 0.6 is 0 Å². The lowest BCUT2D eigenvalue weighted by molar-refractivity contribution is -0.911. The normalized spacial score (nSPS) is 21.8. The molecule has 3 aromatic rings. The van der Waals surface area contributed by atoms with E-state index in [-0.39, 0.29) is 5.56 Å². The summed E-state index contributed by atoms with van der Waals surface area (Å²) < 4.78 is 2.02. The maximum absolute atomic E-state index is 13.3.